The molecule has 3 N–H and O–H groups in total. The van der Waals surface area contributed by atoms with Gasteiger partial charge in [-0.15, -0.1) is 0 Å². The standard InChI is InChI=1S/C11H13ClN2O4S/c12-7-1-2-9(11(13)14-15)10(5-7)18-8-3-4-19(16,17)6-8/h1-2,5,8,15H,3-4,6H2,(H2,13,14). The number of halogens is 1. The molecule has 0 aliphatic carbocycles. The number of sulfone groups is 1. The Morgan fingerprint density at radius 2 is 2.26 bits per heavy atom. The number of amidine groups is 1. The van der Waals surface area contributed by atoms with Gasteiger partial charge in [0.05, 0.1) is 17.1 Å². The number of nitrogens with zero attached hydrogens (tertiary/aromatic N) is 1. The highest BCUT2D eigenvalue weighted by Gasteiger charge is 2.30. The molecule has 1 aromatic rings. The van der Waals surface area contributed by atoms with Crippen LogP contribution in [0, 0.1) is 0 Å². The monoisotopic (exact) mass is 304 g/mol. The van der Waals surface area contributed by atoms with Crippen LogP contribution in [0.4, 0.5) is 0 Å². The van der Waals surface area contributed by atoms with E-state index in [9.17, 15) is 8.42 Å². The van der Waals surface area contributed by atoms with Gasteiger partial charge in [-0.1, -0.05) is 16.8 Å². The van der Waals surface area contributed by atoms with Crippen LogP contribution in [-0.2, 0) is 9.84 Å². The first-order chi connectivity index (χ1) is 8.91. The summed E-state index contributed by atoms with van der Waals surface area (Å²) in [4.78, 5) is 0. The van der Waals surface area contributed by atoms with Gasteiger partial charge in [0.15, 0.2) is 15.7 Å². The van der Waals surface area contributed by atoms with Crippen LogP contribution in [0.15, 0.2) is 23.4 Å². The second kappa shape index (κ2) is 5.26. The molecule has 1 aromatic carbocycles. The summed E-state index contributed by atoms with van der Waals surface area (Å²) >= 11 is 5.86. The molecule has 0 amide bonds. The van der Waals surface area contributed by atoms with Gasteiger partial charge in [-0.2, -0.15) is 0 Å². The molecule has 0 saturated carbocycles. The van der Waals surface area contributed by atoms with E-state index in [0.717, 1.165) is 0 Å². The second-order valence-corrected chi connectivity index (χ2v) is 6.93. The molecule has 0 aromatic heterocycles. The van der Waals surface area contributed by atoms with Crippen LogP contribution in [0.3, 0.4) is 0 Å². The molecule has 1 saturated heterocycles. The number of oxime groups is 1. The number of hydrogen-bond acceptors (Lipinski definition) is 5. The largest absolute Gasteiger partial charge is 0.489 e. The summed E-state index contributed by atoms with van der Waals surface area (Å²) in [5.41, 5.74) is 5.90. The van der Waals surface area contributed by atoms with Gasteiger partial charge in [-0.05, 0) is 24.6 Å². The first-order valence-electron chi connectivity index (χ1n) is 5.56. The molecule has 0 spiro atoms. The third-order valence-corrected chi connectivity index (χ3v) is 4.78. The third kappa shape index (κ3) is 3.30. The molecular weight excluding hydrogens is 292 g/mol. The Morgan fingerprint density at radius 1 is 1.53 bits per heavy atom. The molecule has 1 aliphatic rings. The van der Waals surface area contributed by atoms with Crippen molar-refractivity contribution in [3.05, 3.63) is 28.8 Å². The van der Waals surface area contributed by atoms with E-state index in [-0.39, 0.29) is 17.3 Å². The van der Waals surface area contributed by atoms with Crippen molar-refractivity contribution >= 4 is 27.3 Å². The summed E-state index contributed by atoms with van der Waals surface area (Å²) in [6, 6.07) is 4.64. The molecule has 0 bridgehead atoms. The van der Waals surface area contributed by atoms with Gasteiger partial charge in [0.25, 0.3) is 0 Å². The number of rotatable bonds is 3. The van der Waals surface area contributed by atoms with Gasteiger partial charge in [0, 0.05) is 5.02 Å². The molecular formula is C11H13ClN2O4S. The lowest BCUT2D eigenvalue weighted by atomic mass is 10.2. The smallest absolute Gasteiger partial charge is 0.173 e. The molecule has 2 rings (SSSR count). The predicted molar refractivity (Wildman–Crippen MR) is 71.6 cm³/mol. The van der Waals surface area contributed by atoms with E-state index in [1.165, 1.54) is 6.07 Å². The first kappa shape index (κ1) is 14.0. The van der Waals surface area contributed by atoms with Gasteiger partial charge in [0.1, 0.15) is 11.9 Å². The van der Waals surface area contributed by atoms with Crippen molar-refractivity contribution < 1.29 is 18.4 Å². The molecule has 8 heteroatoms. The van der Waals surface area contributed by atoms with Crippen LogP contribution in [0.5, 0.6) is 5.75 Å². The fourth-order valence-corrected chi connectivity index (χ4v) is 3.64. The number of nitrogens with two attached hydrogens (primary N) is 1. The van der Waals surface area contributed by atoms with Crippen LogP contribution in [-0.4, -0.2) is 37.1 Å². The molecule has 1 fully saturated rings. The first-order valence-corrected chi connectivity index (χ1v) is 7.76. The summed E-state index contributed by atoms with van der Waals surface area (Å²) in [6.07, 6.45) is -0.0153. The van der Waals surface area contributed by atoms with Gasteiger partial charge >= 0.3 is 0 Å². The van der Waals surface area contributed by atoms with Crippen molar-refractivity contribution in [1.29, 1.82) is 0 Å². The maximum Gasteiger partial charge on any atom is 0.173 e. The third-order valence-electron chi connectivity index (χ3n) is 2.81. The Morgan fingerprint density at radius 3 is 2.84 bits per heavy atom. The van der Waals surface area contributed by atoms with E-state index >= 15 is 0 Å². The average Bonchev–Trinajstić information content (AvgIpc) is 2.68. The normalized spacial score (nSPS) is 22.4. The van der Waals surface area contributed by atoms with Gasteiger partial charge in [0.2, 0.25) is 0 Å². The second-order valence-electron chi connectivity index (χ2n) is 4.27. The van der Waals surface area contributed by atoms with Crippen LogP contribution in [0.1, 0.15) is 12.0 Å². The number of hydrogen-bond donors (Lipinski definition) is 2. The van der Waals surface area contributed by atoms with Crippen molar-refractivity contribution in [3.8, 4) is 5.75 Å². The predicted octanol–water partition coefficient (Wildman–Crippen LogP) is 1.00. The number of benzene rings is 1. The molecule has 104 valence electrons. The highest BCUT2D eigenvalue weighted by atomic mass is 35.5. The highest BCUT2D eigenvalue weighted by molar-refractivity contribution is 7.91. The highest BCUT2D eigenvalue weighted by Crippen LogP contribution is 2.27. The van der Waals surface area contributed by atoms with E-state index in [4.69, 9.17) is 27.3 Å². The van der Waals surface area contributed by atoms with Crippen LogP contribution < -0.4 is 10.5 Å². The summed E-state index contributed by atoms with van der Waals surface area (Å²) in [7, 11) is -3.03. The quantitative estimate of drug-likeness (QED) is 0.375. The Hall–Kier alpha value is -1.47. The van der Waals surface area contributed by atoms with Gasteiger partial charge in [-0.3, -0.25) is 0 Å². The summed E-state index contributed by atoms with van der Waals surface area (Å²) in [5.74, 6) is 0.268. The molecule has 6 nitrogen and oxygen atoms in total. The molecule has 1 atom stereocenters. The lowest BCUT2D eigenvalue weighted by molar-refractivity contribution is 0.228. The van der Waals surface area contributed by atoms with Gasteiger partial charge < -0.3 is 15.7 Å². The zero-order chi connectivity index (χ0) is 14.0. The molecule has 0 radical (unpaired) electrons. The number of ether oxygens (including phenoxy) is 1. The van der Waals surface area contributed by atoms with E-state index < -0.39 is 15.9 Å². The lowest BCUT2D eigenvalue weighted by Gasteiger charge is -2.15. The fourth-order valence-electron chi connectivity index (χ4n) is 1.89. The summed E-state index contributed by atoms with van der Waals surface area (Å²) < 4.78 is 28.4. The maximum atomic E-state index is 11.4. The van der Waals surface area contributed by atoms with Crippen molar-refractivity contribution in [1.82, 2.24) is 0 Å². The van der Waals surface area contributed by atoms with Crippen LogP contribution in [0.2, 0.25) is 5.02 Å². The van der Waals surface area contributed by atoms with Crippen LogP contribution >= 0.6 is 11.6 Å². The summed E-state index contributed by atoms with van der Waals surface area (Å²) in [6.45, 7) is 0. The van der Waals surface area contributed by atoms with Crippen molar-refractivity contribution in [3.63, 3.8) is 0 Å². The molecule has 1 heterocycles. The van der Waals surface area contributed by atoms with E-state index in [0.29, 0.717) is 22.8 Å². The lowest BCUT2D eigenvalue weighted by Crippen LogP contribution is -2.21. The maximum absolute atomic E-state index is 11.4. The minimum Gasteiger partial charge on any atom is -0.489 e. The van der Waals surface area contributed by atoms with Crippen molar-refractivity contribution in [2.24, 2.45) is 10.9 Å². The Kier molecular flexibility index (Phi) is 3.86. The van der Waals surface area contributed by atoms with Gasteiger partial charge in [-0.25, -0.2) is 8.42 Å². The molecule has 1 unspecified atom stereocenters. The Balaban J connectivity index is 2.27. The summed E-state index contributed by atoms with van der Waals surface area (Å²) in [5, 5.41) is 12.0. The van der Waals surface area contributed by atoms with Crippen LogP contribution in [0.25, 0.3) is 0 Å². The zero-order valence-electron chi connectivity index (χ0n) is 9.91. The topological polar surface area (TPSA) is 102 Å². The average molecular weight is 305 g/mol. The molecule has 19 heavy (non-hydrogen) atoms. The van der Waals surface area contributed by atoms with Crippen molar-refractivity contribution in [2.75, 3.05) is 11.5 Å². The minimum absolute atomic E-state index is 0.0326. The Bertz CT molecular complexity index is 615. The van der Waals surface area contributed by atoms with E-state index in [1.807, 2.05) is 0 Å². The van der Waals surface area contributed by atoms with E-state index in [2.05, 4.69) is 5.16 Å². The molecule has 1 aliphatic heterocycles. The SMILES string of the molecule is N/C(=N/O)c1ccc(Cl)cc1OC1CCS(=O)(=O)C1. The van der Waals surface area contributed by atoms with Crippen molar-refractivity contribution in [2.45, 2.75) is 12.5 Å². The minimum atomic E-state index is -3.03. The Labute approximate surface area is 115 Å². The van der Waals surface area contributed by atoms with E-state index in [1.54, 1.807) is 12.1 Å². The fraction of sp³-hybridized carbons (Fsp3) is 0.364. The zero-order valence-corrected chi connectivity index (χ0v) is 11.5.